The third-order valence-corrected chi connectivity index (χ3v) is 6.59. The van der Waals surface area contributed by atoms with E-state index in [0.717, 1.165) is 28.1 Å². The fourth-order valence-electron chi connectivity index (χ4n) is 4.69. The molecule has 216 valence electrons. The monoisotopic (exact) mass is 569 g/mol. The van der Waals surface area contributed by atoms with Crippen LogP contribution in [0, 0.1) is 12.7 Å². The fraction of sp³-hybridized carbons (Fsp3) is 0.219. The lowest BCUT2D eigenvalue weighted by Gasteiger charge is -2.19. The van der Waals surface area contributed by atoms with Crippen molar-refractivity contribution in [3.8, 4) is 28.4 Å². The van der Waals surface area contributed by atoms with Gasteiger partial charge in [-0.2, -0.15) is 0 Å². The second-order valence-corrected chi connectivity index (χ2v) is 10.8. The zero-order valence-corrected chi connectivity index (χ0v) is 24.0. The number of nitrogens with zero attached hydrogens (tertiary/aromatic N) is 3. The quantitative estimate of drug-likeness (QED) is 0.190. The summed E-state index contributed by atoms with van der Waals surface area (Å²) < 4.78 is 27.1. The SMILES string of the molecule is COc1ccc(CNc2ncnc3c(C)c(-c4ccc(NC(=O)OC(C)(C)C)cc4)n(-c4ccc(O)c(F)c4)c23)cc1. The van der Waals surface area contributed by atoms with Crippen LogP contribution in [0.15, 0.2) is 73.1 Å². The first kappa shape index (κ1) is 28.4. The third-order valence-electron chi connectivity index (χ3n) is 6.59. The number of aryl methyl sites for hydroxylation is 1. The predicted octanol–water partition coefficient (Wildman–Crippen LogP) is 7.21. The van der Waals surface area contributed by atoms with Crippen molar-refractivity contribution in [3.05, 3.63) is 90.0 Å². The van der Waals surface area contributed by atoms with Gasteiger partial charge >= 0.3 is 6.09 Å². The van der Waals surface area contributed by atoms with Crippen molar-refractivity contribution in [2.45, 2.75) is 39.8 Å². The van der Waals surface area contributed by atoms with Crippen LogP contribution in [0.5, 0.6) is 11.5 Å². The van der Waals surface area contributed by atoms with Gasteiger partial charge in [-0.3, -0.25) is 5.32 Å². The third kappa shape index (κ3) is 5.97. The van der Waals surface area contributed by atoms with Gasteiger partial charge in [-0.05, 0) is 75.2 Å². The largest absolute Gasteiger partial charge is 0.505 e. The number of carbonyl (C=O) groups is 1. The lowest BCUT2D eigenvalue weighted by Crippen LogP contribution is -2.27. The Bertz CT molecular complexity index is 1740. The number of aromatic nitrogens is 3. The van der Waals surface area contributed by atoms with Crippen molar-refractivity contribution in [2.24, 2.45) is 0 Å². The molecule has 5 aromatic rings. The molecule has 0 saturated carbocycles. The molecule has 0 fully saturated rings. The summed E-state index contributed by atoms with van der Waals surface area (Å²) in [6.07, 6.45) is 0.938. The Morgan fingerprint density at radius 1 is 1.02 bits per heavy atom. The average Bonchev–Trinajstić information content (AvgIpc) is 3.25. The zero-order valence-electron chi connectivity index (χ0n) is 24.0. The molecule has 0 aliphatic heterocycles. The number of hydrogen-bond donors (Lipinski definition) is 3. The number of amides is 1. The summed E-state index contributed by atoms with van der Waals surface area (Å²) in [5.74, 6) is 0.125. The highest BCUT2D eigenvalue weighted by Gasteiger charge is 2.23. The summed E-state index contributed by atoms with van der Waals surface area (Å²) in [5.41, 5.74) is 5.18. The van der Waals surface area contributed by atoms with Crippen molar-refractivity contribution in [1.29, 1.82) is 0 Å². The number of fused-ring (bicyclic) bond motifs is 1. The maximum absolute atomic E-state index is 14.7. The summed E-state index contributed by atoms with van der Waals surface area (Å²) in [6.45, 7) is 7.81. The highest BCUT2D eigenvalue weighted by Crippen LogP contribution is 2.38. The minimum absolute atomic E-state index is 0.444. The van der Waals surface area contributed by atoms with E-state index in [2.05, 4.69) is 20.6 Å². The fourth-order valence-corrected chi connectivity index (χ4v) is 4.69. The first-order valence-corrected chi connectivity index (χ1v) is 13.4. The van der Waals surface area contributed by atoms with Crippen molar-refractivity contribution < 1.29 is 23.8 Å². The van der Waals surface area contributed by atoms with Gasteiger partial charge in [-0.1, -0.05) is 24.3 Å². The van der Waals surface area contributed by atoms with Crippen LogP contribution in [0.25, 0.3) is 28.0 Å². The van der Waals surface area contributed by atoms with E-state index in [9.17, 15) is 14.3 Å². The lowest BCUT2D eigenvalue weighted by atomic mass is 10.1. The Balaban J connectivity index is 1.59. The molecule has 5 rings (SSSR count). The molecule has 0 aliphatic rings. The number of benzene rings is 3. The highest BCUT2D eigenvalue weighted by atomic mass is 19.1. The van der Waals surface area contributed by atoms with Gasteiger partial charge in [0.25, 0.3) is 0 Å². The molecule has 42 heavy (non-hydrogen) atoms. The van der Waals surface area contributed by atoms with Crippen LogP contribution in [0.2, 0.25) is 0 Å². The number of anilines is 2. The molecule has 0 spiro atoms. The molecular weight excluding hydrogens is 537 g/mol. The minimum atomic E-state index is -0.751. The van der Waals surface area contributed by atoms with Gasteiger partial charge in [0, 0.05) is 29.5 Å². The normalized spacial score (nSPS) is 11.4. The Morgan fingerprint density at radius 2 is 1.74 bits per heavy atom. The van der Waals surface area contributed by atoms with Crippen LogP contribution in [-0.2, 0) is 11.3 Å². The van der Waals surface area contributed by atoms with Gasteiger partial charge in [0.1, 0.15) is 23.2 Å². The number of phenols is 1. The van der Waals surface area contributed by atoms with E-state index in [-0.39, 0.29) is 0 Å². The number of ether oxygens (including phenoxy) is 2. The number of carbonyl (C=O) groups excluding carboxylic acids is 1. The van der Waals surface area contributed by atoms with Crippen molar-refractivity contribution >= 4 is 28.6 Å². The highest BCUT2D eigenvalue weighted by molar-refractivity contribution is 5.97. The molecule has 2 aromatic heterocycles. The lowest BCUT2D eigenvalue weighted by molar-refractivity contribution is 0.0636. The van der Waals surface area contributed by atoms with E-state index in [0.29, 0.717) is 34.8 Å². The molecule has 0 bridgehead atoms. The van der Waals surface area contributed by atoms with Gasteiger partial charge < -0.3 is 24.5 Å². The van der Waals surface area contributed by atoms with Crippen LogP contribution in [0.4, 0.5) is 20.7 Å². The number of nitrogens with one attached hydrogen (secondary N) is 2. The molecule has 0 atom stereocenters. The van der Waals surface area contributed by atoms with Crippen LogP contribution < -0.4 is 15.4 Å². The van der Waals surface area contributed by atoms with E-state index in [1.54, 1.807) is 46.1 Å². The molecule has 9 nitrogen and oxygen atoms in total. The molecule has 1 amide bonds. The summed E-state index contributed by atoms with van der Waals surface area (Å²) in [7, 11) is 1.62. The molecule has 3 aromatic carbocycles. The molecule has 0 aliphatic carbocycles. The first-order chi connectivity index (χ1) is 20.0. The Labute approximate surface area is 243 Å². The molecule has 3 N–H and O–H groups in total. The number of phenolic OH excluding ortho intramolecular Hbond substituents is 1. The standard InChI is InChI=1S/C32H32FN5O4/c1-19-27-29(30(36-18-35-27)34-17-20-6-13-24(41-5)14-7-20)38(23-12-15-26(39)25(33)16-23)28(19)21-8-10-22(11-9-21)37-31(40)42-32(2,3)4/h6-16,18,39H,17H2,1-5H3,(H,37,40)(H,34,35,36). The van der Waals surface area contributed by atoms with Crippen LogP contribution in [-0.4, -0.2) is 38.4 Å². The summed E-state index contributed by atoms with van der Waals surface area (Å²) in [5, 5.41) is 16.0. The second kappa shape index (κ2) is 11.4. The van der Waals surface area contributed by atoms with Gasteiger partial charge in [0.15, 0.2) is 17.4 Å². The number of hydrogen-bond acceptors (Lipinski definition) is 7. The number of halogens is 1. The second-order valence-electron chi connectivity index (χ2n) is 10.8. The van der Waals surface area contributed by atoms with Crippen LogP contribution in [0.1, 0.15) is 31.9 Å². The van der Waals surface area contributed by atoms with E-state index >= 15 is 0 Å². The first-order valence-electron chi connectivity index (χ1n) is 13.4. The predicted molar refractivity (Wildman–Crippen MR) is 161 cm³/mol. The van der Waals surface area contributed by atoms with E-state index in [1.165, 1.54) is 18.5 Å². The minimum Gasteiger partial charge on any atom is -0.505 e. The maximum Gasteiger partial charge on any atom is 0.412 e. The zero-order chi connectivity index (χ0) is 30.0. The van der Waals surface area contributed by atoms with E-state index < -0.39 is 23.3 Å². The Kier molecular flexibility index (Phi) is 7.71. The number of rotatable bonds is 7. The molecule has 10 heteroatoms. The van der Waals surface area contributed by atoms with E-state index in [1.807, 2.05) is 47.9 Å². The van der Waals surface area contributed by atoms with Gasteiger partial charge in [0.2, 0.25) is 0 Å². The topological polar surface area (TPSA) is 111 Å². The molecule has 0 saturated heterocycles. The average molecular weight is 570 g/mol. The van der Waals surface area contributed by atoms with Gasteiger partial charge in [-0.15, -0.1) is 0 Å². The van der Waals surface area contributed by atoms with E-state index in [4.69, 9.17) is 9.47 Å². The summed E-state index contributed by atoms with van der Waals surface area (Å²) >= 11 is 0. The van der Waals surface area contributed by atoms with Gasteiger partial charge in [0.05, 0.1) is 18.3 Å². The number of aromatic hydroxyl groups is 1. The number of methoxy groups -OCH3 is 1. The van der Waals surface area contributed by atoms with Crippen LogP contribution >= 0.6 is 0 Å². The molecular formula is C32H32FN5O4. The maximum atomic E-state index is 14.7. The van der Waals surface area contributed by atoms with Crippen molar-refractivity contribution in [2.75, 3.05) is 17.7 Å². The van der Waals surface area contributed by atoms with Gasteiger partial charge in [-0.25, -0.2) is 19.2 Å². The van der Waals surface area contributed by atoms with Crippen molar-refractivity contribution in [3.63, 3.8) is 0 Å². The Morgan fingerprint density at radius 3 is 2.38 bits per heavy atom. The molecule has 2 heterocycles. The van der Waals surface area contributed by atoms with Crippen molar-refractivity contribution in [1.82, 2.24) is 14.5 Å². The smallest absolute Gasteiger partial charge is 0.412 e. The van der Waals surface area contributed by atoms with Crippen LogP contribution in [0.3, 0.4) is 0 Å². The summed E-state index contributed by atoms with van der Waals surface area (Å²) in [6, 6.07) is 19.2. The Hall–Kier alpha value is -5.12. The molecule has 0 unspecified atom stereocenters. The molecule has 0 radical (unpaired) electrons. The summed E-state index contributed by atoms with van der Waals surface area (Å²) in [4.78, 5) is 21.4.